The van der Waals surface area contributed by atoms with Gasteiger partial charge in [0.2, 0.25) is 0 Å². The number of carbonyl (C=O) groups is 2. The summed E-state index contributed by atoms with van der Waals surface area (Å²) < 4.78 is 5.17. The van der Waals surface area contributed by atoms with Crippen LogP contribution < -0.4 is 10.1 Å². The molecule has 0 saturated carbocycles. The van der Waals surface area contributed by atoms with Crippen LogP contribution in [0.1, 0.15) is 62.2 Å². The molecule has 0 aliphatic rings. The smallest absolute Gasteiger partial charge is 0.255 e. The normalized spacial score (nSPS) is 10.4. The zero-order valence-corrected chi connectivity index (χ0v) is 14.7. The van der Waals surface area contributed by atoms with E-state index in [4.69, 9.17) is 16.3 Å². The lowest BCUT2D eigenvalue weighted by molar-refractivity contribution is -0.118. The van der Waals surface area contributed by atoms with Crippen molar-refractivity contribution in [3.63, 3.8) is 0 Å². The van der Waals surface area contributed by atoms with Gasteiger partial charge in [0.05, 0.1) is 12.7 Å². The lowest BCUT2D eigenvalue weighted by Gasteiger charge is -2.09. The van der Waals surface area contributed by atoms with Crippen LogP contribution in [-0.2, 0) is 4.79 Å². The maximum Gasteiger partial charge on any atom is 0.255 e. The Morgan fingerprint density at radius 2 is 1.83 bits per heavy atom. The Morgan fingerprint density at radius 3 is 2.52 bits per heavy atom. The Morgan fingerprint density at radius 1 is 1.13 bits per heavy atom. The van der Waals surface area contributed by atoms with E-state index in [1.54, 1.807) is 18.2 Å². The minimum Gasteiger partial charge on any atom is -0.496 e. The zero-order valence-electron chi connectivity index (χ0n) is 14.0. The lowest BCUT2D eigenvalue weighted by atomic mass is 10.1. The fraction of sp³-hybridized carbons (Fsp3) is 0.556. The number of amides is 1. The molecule has 1 aromatic rings. The molecule has 0 bridgehead atoms. The molecule has 0 aromatic heterocycles. The van der Waals surface area contributed by atoms with Gasteiger partial charge in [0.1, 0.15) is 11.5 Å². The highest BCUT2D eigenvalue weighted by molar-refractivity contribution is 6.31. The average Bonchev–Trinajstić information content (AvgIpc) is 2.56. The van der Waals surface area contributed by atoms with E-state index in [1.807, 2.05) is 6.92 Å². The van der Waals surface area contributed by atoms with Crippen molar-refractivity contribution >= 4 is 23.3 Å². The molecule has 23 heavy (non-hydrogen) atoms. The number of unbranched alkanes of at least 4 members (excludes halogenated alkanes) is 4. The van der Waals surface area contributed by atoms with E-state index < -0.39 is 0 Å². The summed E-state index contributed by atoms with van der Waals surface area (Å²) in [6.07, 6.45) is 6.44. The van der Waals surface area contributed by atoms with Gasteiger partial charge in [-0.25, -0.2) is 0 Å². The Hall–Kier alpha value is -1.55. The first kappa shape index (κ1) is 19.5. The van der Waals surface area contributed by atoms with E-state index in [0.717, 1.165) is 32.1 Å². The molecule has 1 rings (SSSR count). The highest BCUT2D eigenvalue weighted by Crippen LogP contribution is 2.22. The van der Waals surface area contributed by atoms with Crippen LogP contribution in [-0.4, -0.2) is 25.3 Å². The van der Waals surface area contributed by atoms with Gasteiger partial charge < -0.3 is 10.1 Å². The molecule has 0 heterocycles. The van der Waals surface area contributed by atoms with Crippen molar-refractivity contribution in [1.29, 1.82) is 0 Å². The van der Waals surface area contributed by atoms with Crippen molar-refractivity contribution < 1.29 is 14.3 Å². The Kier molecular flexibility index (Phi) is 9.37. The topological polar surface area (TPSA) is 55.4 Å². The van der Waals surface area contributed by atoms with E-state index in [-0.39, 0.29) is 5.91 Å². The van der Waals surface area contributed by atoms with Crippen LogP contribution in [0.5, 0.6) is 5.75 Å². The third-order valence-corrected chi connectivity index (χ3v) is 3.95. The van der Waals surface area contributed by atoms with Crippen LogP contribution in [0.2, 0.25) is 5.02 Å². The predicted octanol–water partition coefficient (Wildman–Crippen LogP) is 4.40. The van der Waals surface area contributed by atoms with E-state index >= 15 is 0 Å². The number of benzene rings is 1. The van der Waals surface area contributed by atoms with Gasteiger partial charge in [0.25, 0.3) is 5.91 Å². The van der Waals surface area contributed by atoms with Crippen LogP contribution in [0.15, 0.2) is 18.2 Å². The van der Waals surface area contributed by atoms with Gasteiger partial charge in [-0.05, 0) is 31.0 Å². The summed E-state index contributed by atoms with van der Waals surface area (Å²) >= 11 is 5.92. The number of ketones is 1. The fourth-order valence-electron chi connectivity index (χ4n) is 2.31. The maximum absolute atomic E-state index is 12.1. The molecular weight excluding hydrogens is 314 g/mol. The molecule has 128 valence electrons. The van der Waals surface area contributed by atoms with Crippen molar-refractivity contribution in [1.82, 2.24) is 5.32 Å². The second kappa shape index (κ2) is 11.1. The summed E-state index contributed by atoms with van der Waals surface area (Å²) in [7, 11) is 1.53. The molecule has 0 aliphatic carbocycles. The van der Waals surface area contributed by atoms with Crippen molar-refractivity contribution in [2.24, 2.45) is 0 Å². The SMILES string of the molecule is CCC(=O)CCCCCCCNC(=O)c1cc(Cl)ccc1OC. The Bertz CT molecular complexity index is 517. The average molecular weight is 340 g/mol. The molecule has 0 atom stereocenters. The number of carbonyl (C=O) groups excluding carboxylic acids is 2. The van der Waals surface area contributed by atoms with Crippen LogP contribution in [0, 0.1) is 0 Å². The van der Waals surface area contributed by atoms with Gasteiger partial charge in [0.15, 0.2) is 0 Å². The van der Waals surface area contributed by atoms with Crippen LogP contribution in [0.3, 0.4) is 0 Å². The minimum absolute atomic E-state index is 0.169. The van der Waals surface area contributed by atoms with Crippen molar-refractivity contribution in [3.05, 3.63) is 28.8 Å². The summed E-state index contributed by atoms with van der Waals surface area (Å²) in [5.74, 6) is 0.693. The van der Waals surface area contributed by atoms with Crippen molar-refractivity contribution in [3.8, 4) is 5.75 Å². The van der Waals surface area contributed by atoms with E-state index in [9.17, 15) is 9.59 Å². The quantitative estimate of drug-likeness (QED) is 0.608. The molecule has 0 radical (unpaired) electrons. The summed E-state index contributed by atoms with van der Waals surface area (Å²) in [6, 6.07) is 5.00. The number of methoxy groups -OCH3 is 1. The summed E-state index contributed by atoms with van der Waals surface area (Å²) in [5.41, 5.74) is 0.457. The molecule has 0 spiro atoms. The van der Waals surface area contributed by atoms with Gasteiger partial charge in [-0.15, -0.1) is 0 Å². The summed E-state index contributed by atoms with van der Waals surface area (Å²) in [6.45, 7) is 2.53. The minimum atomic E-state index is -0.169. The third kappa shape index (κ3) is 7.51. The molecule has 1 amide bonds. The number of Topliss-reactive ketones (excluding diaryl/α,β-unsaturated/α-hetero) is 1. The summed E-state index contributed by atoms with van der Waals surface area (Å²) in [5, 5.41) is 3.40. The Labute approximate surface area is 143 Å². The molecule has 5 heteroatoms. The van der Waals surface area contributed by atoms with E-state index in [2.05, 4.69) is 5.32 Å². The van der Waals surface area contributed by atoms with Gasteiger partial charge in [-0.3, -0.25) is 9.59 Å². The van der Waals surface area contributed by atoms with Gasteiger partial charge in [-0.1, -0.05) is 37.8 Å². The molecule has 0 saturated heterocycles. The third-order valence-electron chi connectivity index (χ3n) is 3.72. The van der Waals surface area contributed by atoms with Crippen LogP contribution in [0.25, 0.3) is 0 Å². The molecular formula is C18H26ClNO3. The lowest BCUT2D eigenvalue weighted by Crippen LogP contribution is -2.24. The molecule has 0 unspecified atom stereocenters. The van der Waals surface area contributed by atoms with Crippen LogP contribution in [0.4, 0.5) is 0 Å². The highest BCUT2D eigenvalue weighted by Gasteiger charge is 2.12. The van der Waals surface area contributed by atoms with Gasteiger partial charge in [0, 0.05) is 24.4 Å². The number of hydrogen-bond donors (Lipinski definition) is 1. The first-order chi connectivity index (χ1) is 11.1. The number of hydrogen-bond acceptors (Lipinski definition) is 3. The molecule has 0 fully saturated rings. The highest BCUT2D eigenvalue weighted by atomic mass is 35.5. The van der Waals surface area contributed by atoms with Crippen LogP contribution >= 0.6 is 11.6 Å². The molecule has 1 aromatic carbocycles. The van der Waals surface area contributed by atoms with E-state index in [1.165, 1.54) is 7.11 Å². The second-order valence-electron chi connectivity index (χ2n) is 5.51. The fourth-order valence-corrected chi connectivity index (χ4v) is 2.48. The predicted molar refractivity (Wildman–Crippen MR) is 93.3 cm³/mol. The number of rotatable bonds is 11. The molecule has 0 aliphatic heterocycles. The number of ether oxygens (including phenoxy) is 1. The summed E-state index contributed by atoms with van der Waals surface area (Å²) in [4.78, 5) is 23.3. The molecule has 1 N–H and O–H groups in total. The van der Waals surface area contributed by atoms with Crippen molar-refractivity contribution in [2.45, 2.75) is 51.9 Å². The first-order valence-electron chi connectivity index (χ1n) is 8.22. The van der Waals surface area contributed by atoms with Gasteiger partial charge >= 0.3 is 0 Å². The first-order valence-corrected chi connectivity index (χ1v) is 8.59. The molecule has 4 nitrogen and oxygen atoms in total. The maximum atomic E-state index is 12.1. The Balaban J connectivity index is 2.20. The van der Waals surface area contributed by atoms with Gasteiger partial charge in [-0.2, -0.15) is 0 Å². The number of halogens is 1. The van der Waals surface area contributed by atoms with Crippen molar-refractivity contribution in [2.75, 3.05) is 13.7 Å². The monoisotopic (exact) mass is 339 g/mol. The zero-order chi connectivity index (χ0) is 17.1. The second-order valence-corrected chi connectivity index (χ2v) is 5.95. The largest absolute Gasteiger partial charge is 0.496 e. The standard InChI is InChI=1S/C18H26ClNO3/c1-3-15(21)9-7-5-4-6-8-12-20-18(22)16-13-14(19)10-11-17(16)23-2/h10-11,13H,3-9,12H2,1-2H3,(H,20,22). The van der Waals surface area contributed by atoms with E-state index in [0.29, 0.717) is 41.5 Å². The number of nitrogens with one attached hydrogen (secondary N) is 1.